The van der Waals surface area contributed by atoms with E-state index in [9.17, 15) is 13.2 Å². The van der Waals surface area contributed by atoms with E-state index in [1.165, 1.54) is 12.1 Å². The molecule has 1 aromatic heterocycles. The smallest absolute Gasteiger partial charge is 0.416 e. The lowest BCUT2D eigenvalue weighted by molar-refractivity contribution is -0.137. The lowest BCUT2D eigenvalue weighted by atomic mass is 10.1. The monoisotopic (exact) mass is 388 g/mol. The summed E-state index contributed by atoms with van der Waals surface area (Å²) < 4.78 is 54.4. The molecular weight excluding hydrogens is 373 g/mol. The molecule has 0 unspecified atom stereocenters. The number of rotatable bonds is 6. The van der Waals surface area contributed by atoms with Gasteiger partial charge in [0.15, 0.2) is 12.4 Å². The van der Waals surface area contributed by atoms with Crippen LogP contribution in [0.15, 0.2) is 52.9 Å². The number of oxazole rings is 1. The van der Waals surface area contributed by atoms with Gasteiger partial charge < -0.3 is 13.9 Å². The van der Waals surface area contributed by atoms with Crippen molar-refractivity contribution >= 4 is 0 Å². The third-order valence-corrected chi connectivity index (χ3v) is 3.85. The molecule has 0 saturated carbocycles. The summed E-state index contributed by atoms with van der Waals surface area (Å²) in [6.07, 6.45) is -4.39. The van der Waals surface area contributed by atoms with Crippen molar-refractivity contribution in [1.29, 1.82) is 5.26 Å². The Morgan fingerprint density at radius 1 is 1.00 bits per heavy atom. The fraction of sp³-hybridized carbons (Fsp3) is 0.200. The van der Waals surface area contributed by atoms with Gasteiger partial charge in [-0.1, -0.05) is 0 Å². The molecule has 0 aliphatic rings. The highest BCUT2D eigenvalue weighted by molar-refractivity contribution is 5.54. The van der Waals surface area contributed by atoms with E-state index < -0.39 is 11.7 Å². The molecule has 144 valence electrons. The maximum Gasteiger partial charge on any atom is 0.416 e. The number of hydrogen-bond acceptors (Lipinski definition) is 5. The third kappa shape index (κ3) is 4.62. The second kappa shape index (κ2) is 8.05. The molecule has 0 amide bonds. The zero-order valence-corrected chi connectivity index (χ0v) is 14.8. The average molecular weight is 388 g/mol. The van der Waals surface area contributed by atoms with Crippen LogP contribution >= 0.6 is 0 Å². The van der Waals surface area contributed by atoms with E-state index in [2.05, 4.69) is 4.98 Å². The van der Waals surface area contributed by atoms with Crippen molar-refractivity contribution in [3.63, 3.8) is 0 Å². The summed E-state index contributed by atoms with van der Waals surface area (Å²) in [5.74, 6) is 1.82. The molecule has 8 heteroatoms. The van der Waals surface area contributed by atoms with Gasteiger partial charge in [0.25, 0.3) is 0 Å². The minimum Gasteiger partial charge on any atom is -0.486 e. The van der Waals surface area contributed by atoms with Crippen molar-refractivity contribution in [2.75, 3.05) is 6.61 Å². The van der Waals surface area contributed by atoms with Crippen molar-refractivity contribution in [2.24, 2.45) is 0 Å². The fourth-order valence-corrected chi connectivity index (χ4v) is 2.38. The average Bonchev–Trinajstić information content (AvgIpc) is 3.05. The number of alkyl halides is 3. The van der Waals surface area contributed by atoms with Crippen LogP contribution in [0.4, 0.5) is 13.2 Å². The molecule has 5 nitrogen and oxygen atoms in total. The van der Waals surface area contributed by atoms with E-state index in [1.54, 1.807) is 31.2 Å². The highest BCUT2D eigenvalue weighted by atomic mass is 19.4. The standard InChI is InChI=1S/C20H15F3N2O3/c1-13-18(12-27-17-8-6-16(7-9-17)26-11-10-24)28-19(25-13)14-2-4-15(5-3-14)20(21,22)23/h2-9H,11-12H2,1H3. The van der Waals surface area contributed by atoms with Crippen LogP contribution < -0.4 is 9.47 Å². The van der Waals surface area contributed by atoms with Gasteiger partial charge >= 0.3 is 6.18 Å². The predicted molar refractivity (Wildman–Crippen MR) is 93.6 cm³/mol. The normalized spacial score (nSPS) is 11.1. The Kier molecular flexibility index (Phi) is 5.54. The van der Waals surface area contributed by atoms with Gasteiger partial charge in [-0.15, -0.1) is 0 Å². The number of aromatic nitrogens is 1. The summed E-state index contributed by atoms with van der Waals surface area (Å²) in [4.78, 5) is 4.25. The molecule has 0 N–H and O–H groups in total. The molecule has 1 heterocycles. The van der Waals surface area contributed by atoms with Crippen molar-refractivity contribution in [1.82, 2.24) is 4.98 Å². The van der Waals surface area contributed by atoms with Gasteiger partial charge in [0.05, 0.1) is 11.3 Å². The fourth-order valence-electron chi connectivity index (χ4n) is 2.38. The first-order chi connectivity index (χ1) is 13.4. The van der Waals surface area contributed by atoms with Gasteiger partial charge in [-0.3, -0.25) is 0 Å². The number of ether oxygens (including phenoxy) is 2. The van der Waals surface area contributed by atoms with Crippen LogP contribution in [0.1, 0.15) is 17.0 Å². The Labute approximate surface area is 159 Å². The van der Waals surface area contributed by atoms with Crippen LogP contribution in [-0.2, 0) is 12.8 Å². The topological polar surface area (TPSA) is 68.3 Å². The summed E-state index contributed by atoms with van der Waals surface area (Å²) in [5.41, 5.74) is 0.301. The van der Waals surface area contributed by atoms with Crippen LogP contribution in [-0.4, -0.2) is 11.6 Å². The highest BCUT2D eigenvalue weighted by Crippen LogP contribution is 2.31. The zero-order valence-electron chi connectivity index (χ0n) is 14.8. The van der Waals surface area contributed by atoms with E-state index >= 15 is 0 Å². The molecule has 0 aliphatic carbocycles. The molecule has 0 atom stereocenters. The van der Waals surface area contributed by atoms with Gasteiger partial charge in [-0.05, 0) is 55.5 Å². The first kappa shape index (κ1) is 19.3. The van der Waals surface area contributed by atoms with E-state index in [1.807, 2.05) is 6.07 Å². The molecule has 28 heavy (non-hydrogen) atoms. The van der Waals surface area contributed by atoms with Crippen LogP contribution in [0, 0.1) is 18.3 Å². The maximum absolute atomic E-state index is 12.7. The largest absolute Gasteiger partial charge is 0.486 e. The van der Waals surface area contributed by atoms with E-state index in [-0.39, 0.29) is 19.1 Å². The molecule has 0 fully saturated rings. The third-order valence-electron chi connectivity index (χ3n) is 3.85. The van der Waals surface area contributed by atoms with E-state index in [4.69, 9.17) is 19.2 Å². The van der Waals surface area contributed by atoms with Gasteiger partial charge in [-0.25, -0.2) is 4.98 Å². The number of hydrogen-bond donors (Lipinski definition) is 0. The lowest BCUT2D eigenvalue weighted by Crippen LogP contribution is -2.03. The van der Waals surface area contributed by atoms with Crippen molar-refractivity contribution in [3.05, 3.63) is 65.5 Å². The lowest BCUT2D eigenvalue weighted by Gasteiger charge is -2.06. The molecule has 0 radical (unpaired) electrons. The SMILES string of the molecule is Cc1nc(-c2ccc(C(F)(F)F)cc2)oc1COc1ccc(OCC#N)cc1. The number of halogens is 3. The summed E-state index contributed by atoms with van der Waals surface area (Å²) in [5, 5.41) is 8.49. The Morgan fingerprint density at radius 2 is 1.61 bits per heavy atom. The second-order valence-corrected chi connectivity index (χ2v) is 5.81. The van der Waals surface area contributed by atoms with Gasteiger partial charge in [0, 0.05) is 5.56 Å². The minimum absolute atomic E-state index is 0.0375. The van der Waals surface area contributed by atoms with Crippen LogP contribution in [0.5, 0.6) is 11.5 Å². The van der Waals surface area contributed by atoms with Crippen LogP contribution in [0.25, 0.3) is 11.5 Å². The second-order valence-electron chi connectivity index (χ2n) is 5.81. The van der Waals surface area contributed by atoms with Crippen molar-refractivity contribution in [3.8, 4) is 29.0 Å². The molecule has 3 rings (SSSR count). The number of benzene rings is 2. The number of nitriles is 1. The van der Waals surface area contributed by atoms with Crippen molar-refractivity contribution in [2.45, 2.75) is 19.7 Å². The molecule has 0 spiro atoms. The summed E-state index contributed by atoms with van der Waals surface area (Å²) >= 11 is 0. The summed E-state index contributed by atoms with van der Waals surface area (Å²) in [6.45, 7) is 1.80. The molecule has 0 bridgehead atoms. The van der Waals surface area contributed by atoms with Gasteiger partial charge in [0.1, 0.15) is 24.2 Å². The Balaban J connectivity index is 1.66. The summed E-state index contributed by atoms with van der Waals surface area (Å²) in [6, 6.07) is 13.2. The number of nitrogens with zero attached hydrogens (tertiary/aromatic N) is 2. The van der Waals surface area contributed by atoms with Gasteiger partial charge in [-0.2, -0.15) is 18.4 Å². The summed E-state index contributed by atoms with van der Waals surface area (Å²) in [7, 11) is 0. The van der Waals surface area contributed by atoms with E-state index in [0.717, 1.165) is 12.1 Å². The minimum atomic E-state index is -4.39. The first-order valence-corrected chi connectivity index (χ1v) is 8.23. The Hall–Kier alpha value is -3.47. The first-order valence-electron chi connectivity index (χ1n) is 8.23. The van der Waals surface area contributed by atoms with Crippen molar-refractivity contribution < 1.29 is 27.1 Å². The number of aryl methyl sites for hydroxylation is 1. The highest BCUT2D eigenvalue weighted by Gasteiger charge is 2.30. The Morgan fingerprint density at radius 3 is 2.18 bits per heavy atom. The predicted octanol–water partition coefficient (Wildman–Crippen LogP) is 5.15. The van der Waals surface area contributed by atoms with Crippen LogP contribution in [0.2, 0.25) is 0 Å². The molecule has 3 aromatic rings. The quantitative estimate of drug-likeness (QED) is 0.584. The molecule has 0 saturated heterocycles. The Bertz CT molecular complexity index is 972. The zero-order chi connectivity index (χ0) is 20.1. The van der Waals surface area contributed by atoms with Gasteiger partial charge in [0.2, 0.25) is 5.89 Å². The molecular formula is C20H15F3N2O3. The van der Waals surface area contributed by atoms with Crippen LogP contribution in [0.3, 0.4) is 0 Å². The maximum atomic E-state index is 12.7. The molecule has 2 aromatic carbocycles. The molecule has 0 aliphatic heterocycles. The van der Waals surface area contributed by atoms with E-state index in [0.29, 0.717) is 28.5 Å².